The van der Waals surface area contributed by atoms with Crippen LogP contribution in [0.5, 0.6) is 0 Å². The number of aliphatic hydroxyl groups is 2. The van der Waals surface area contributed by atoms with Gasteiger partial charge in [-0.25, -0.2) is 4.39 Å². The number of aryl methyl sites for hydroxylation is 1. The number of fused-ring (bicyclic) bond motifs is 1. The van der Waals surface area contributed by atoms with Crippen molar-refractivity contribution in [2.45, 2.75) is 37.4 Å². The zero-order valence-corrected chi connectivity index (χ0v) is 13.9. The topological polar surface area (TPSA) is 69.6 Å². The summed E-state index contributed by atoms with van der Waals surface area (Å²) in [4.78, 5) is 12.1. The summed E-state index contributed by atoms with van der Waals surface area (Å²) in [6, 6.07) is 13.3. The number of nitrogens with one attached hydrogen (secondary N) is 1. The minimum absolute atomic E-state index is 0.0959. The predicted octanol–water partition coefficient (Wildman–Crippen LogP) is 2.59. The summed E-state index contributed by atoms with van der Waals surface area (Å²) in [7, 11) is 0. The Hall–Kier alpha value is -2.24. The average Bonchev–Trinajstić information content (AvgIpc) is 2.60. The van der Waals surface area contributed by atoms with Crippen LogP contribution in [0.4, 0.5) is 4.39 Å². The molecule has 3 rings (SSSR count). The first-order valence-corrected chi connectivity index (χ1v) is 8.49. The molecule has 2 aromatic rings. The van der Waals surface area contributed by atoms with E-state index in [0.29, 0.717) is 12.0 Å². The van der Waals surface area contributed by atoms with Gasteiger partial charge >= 0.3 is 0 Å². The smallest absolute Gasteiger partial charge is 0.223 e. The first kappa shape index (κ1) is 17.6. The maximum atomic E-state index is 13.2. The maximum Gasteiger partial charge on any atom is 0.223 e. The lowest BCUT2D eigenvalue weighted by molar-refractivity contribution is -0.124. The van der Waals surface area contributed by atoms with Crippen LogP contribution in [0.1, 0.15) is 42.1 Å². The second-order valence-electron chi connectivity index (χ2n) is 6.59. The molecule has 2 aromatic carbocycles. The quantitative estimate of drug-likeness (QED) is 0.782. The van der Waals surface area contributed by atoms with Crippen LogP contribution in [-0.4, -0.2) is 22.7 Å². The Kier molecular flexibility index (Phi) is 5.16. The number of rotatable bonds is 5. The van der Waals surface area contributed by atoms with Gasteiger partial charge in [-0.1, -0.05) is 36.4 Å². The lowest BCUT2D eigenvalue weighted by atomic mass is 9.79. The molecular formula is C20H22FNO3. The van der Waals surface area contributed by atoms with Crippen molar-refractivity contribution in [3.05, 3.63) is 71.0 Å². The minimum atomic E-state index is -1.09. The number of hydrogen-bond donors (Lipinski definition) is 3. The van der Waals surface area contributed by atoms with Gasteiger partial charge in [0.25, 0.3) is 0 Å². The van der Waals surface area contributed by atoms with Gasteiger partial charge in [0, 0.05) is 0 Å². The van der Waals surface area contributed by atoms with Crippen molar-refractivity contribution in [2.24, 2.45) is 0 Å². The third-order valence-corrected chi connectivity index (χ3v) is 4.75. The monoisotopic (exact) mass is 343 g/mol. The molecule has 0 fully saturated rings. The van der Waals surface area contributed by atoms with Crippen molar-refractivity contribution in [1.82, 2.24) is 5.32 Å². The highest BCUT2D eigenvalue weighted by molar-refractivity contribution is 5.76. The van der Waals surface area contributed by atoms with Crippen LogP contribution in [0.15, 0.2) is 48.5 Å². The molecule has 0 saturated heterocycles. The zero-order chi connectivity index (χ0) is 17.9. The van der Waals surface area contributed by atoms with Crippen LogP contribution in [0, 0.1) is 5.82 Å². The van der Waals surface area contributed by atoms with Gasteiger partial charge in [0.15, 0.2) is 0 Å². The second kappa shape index (κ2) is 7.33. The number of carbonyl (C=O) groups excluding carboxylic acids is 1. The molecule has 0 radical (unpaired) electrons. The Balaban J connectivity index is 1.61. The molecule has 0 bridgehead atoms. The summed E-state index contributed by atoms with van der Waals surface area (Å²) in [6.07, 6.45) is 1.10. The van der Waals surface area contributed by atoms with Crippen LogP contribution in [0.25, 0.3) is 0 Å². The van der Waals surface area contributed by atoms with Gasteiger partial charge in [0.1, 0.15) is 11.4 Å². The molecule has 1 aliphatic carbocycles. The SMILES string of the molecule is O=C(C[C@@H](O)c1cccc(F)c1)NC[C@]1(O)CCCc2ccccc21. The first-order chi connectivity index (χ1) is 12.0. The van der Waals surface area contributed by atoms with Crippen LogP contribution < -0.4 is 5.32 Å². The van der Waals surface area contributed by atoms with Crippen molar-refractivity contribution in [3.63, 3.8) is 0 Å². The summed E-state index contributed by atoms with van der Waals surface area (Å²) < 4.78 is 13.2. The summed E-state index contributed by atoms with van der Waals surface area (Å²) >= 11 is 0. The molecule has 5 heteroatoms. The van der Waals surface area contributed by atoms with Crippen molar-refractivity contribution >= 4 is 5.91 Å². The van der Waals surface area contributed by atoms with E-state index in [2.05, 4.69) is 5.32 Å². The molecule has 0 spiro atoms. The van der Waals surface area contributed by atoms with E-state index in [1.807, 2.05) is 24.3 Å². The van der Waals surface area contributed by atoms with E-state index in [1.54, 1.807) is 6.07 Å². The minimum Gasteiger partial charge on any atom is -0.388 e. The Morgan fingerprint density at radius 1 is 1.24 bits per heavy atom. The number of halogens is 1. The fraction of sp³-hybridized carbons (Fsp3) is 0.350. The molecule has 0 saturated carbocycles. The highest BCUT2D eigenvalue weighted by Gasteiger charge is 2.34. The van der Waals surface area contributed by atoms with Gasteiger partial charge in [0.05, 0.1) is 19.1 Å². The first-order valence-electron chi connectivity index (χ1n) is 8.49. The fourth-order valence-corrected chi connectivity index (χ4v) is 3.41. The number of aliphatic hydroxyl groups excluding tert-OH is 1. The number of benzene rings is 2. The lowest BCUT2D eigenvalue weighted by Crippen LogP contribution is -2.43. The maximum absolute atomic E-state index is 13.2. The van der Waals surface area contributed by atoms with Gasteiger partial charge in [0.2, 0.25) is 5.91 Å². The van der Waals surface area contributed by atoms with E-state index in [4.69, 9.17) is 0 Å². The lowest BCUT2D eigenvalue weighted by Gasteiger charge is -2.34. The highest BCUT2D eigenvalue weighted by Crippen LogP contribution is 2.34. The van der Waals surface area contributed by atoms with E-state index < -0.39 is 17.5 Å². The number of hydrogen-bond acceptors (Lipinski definition) is 3. The Morgan fingerprint density at radius 2 is 2.04 bits per heavy atom. The summed E-state index contributed by atoms with van der Waals surface area (Å²) in [5, 5.41) is 23.7. The van der Waals surface area contributed by atoms with E-state index in [9.17, 15) is 19.4 Å². The number of amides is 1. The van der Waals surface area contributed by atoms with Gasteiger partial charge in [-0.05, 0) is 48.1 Å². The molecule has 0 aliphatic heterocycles. The standard InChI is InChI=1S/C20H22FNO3/c21-16-8-3-6-15(11-16)18(23)12-19(24)22-13-20(25)10-4-7-14-5-1-2-9-17(14)20/h1-3,5-6,8-9,11,18,23,25H,4,7,10,12-13H2,(H,22,24)/t18-,20-/m1/s1. The second-order valence-corrected chi connectivity index (χ2v) is 6.59. The predicted molar refractivity (Wildman–Crippen MR) is 92.3 cm³/mol. The third kappa shape index (κ3) is 4.06. The van der Waals surface area contributed by atoms with Crippen molar-refractivity contribution in [3.8, 4) is 0 Å². The van der Waals surface area contributed by atoms with Gasteiger partial charge in [-0.15, -0.1) is 0 Å². The highest BCUT2D eigenvalue weighted by atomic mass is 19.1. The van der Waals surface area contributed by atoms with Crippen LogP contribution >= 0.6 is 0 Å². The van der Waals surface area contributed by atoms with Gasteiger partial charge in [-0.2, -0.15) is 0 Å². The van der Waals surface area contributed by atoms with Crippen LogP contribution in [0.3, 0.4) is 0 Å². The molecular weight excluding hydrogens is 321 g/mol. The number of carbonyl (C=O) groups is 1. The van der Waals surface area contributed by atoms with Crippen molar-refractivity contribution in [2.75, 3.05) is 6.54 Å². The van der Waals surface area contributed by atoms with E-state index in [0.717, 1.165) is 24.0 Å². The van der Waals surface area contributed by atoms with Crippen LogP contribution in [0.2, 0.25) is 0 Å². The molecule has 2 atom stereocenters. The van der Waals surface area contributed by atoms with Gasteiger partial charge in [-0.3, -0.25) is 4.79 Å². The normalized spacial score (nSPS) is 20.6. The Bertz CT molecular complexity index is 764. The summed E-state index contributed by atoms with van der Waals surface area (Å²) in [5.74, 6) is -0.835. The largest absolute Gasteiger partial charge is 0.388 e. The van der Waals surface area contributed by atoms with Gasteiger partial charge < -0.3 is 15.5 Å². The Morgan fingerprint density at radius 3 is 2.84 bits per heavy atom. The zero-order valence-electron chi connectivity index (χ0n) is 13.9. The molecule has 1 aliphatic rings. The molecule has 0 heterocycles. The summed E-state index contributed by atoms with van der Waals surface area (Å²) in [6.45, 7) is 0.0959. The third-order valence-electron chi connectivity index (χ3n) is 4.75. The molecule has 4 nitrogen and oxygen atoms in total. The molecule has 1 amide bonds. The average molecular weight is 343 g/mol. The van der Waals surface area contributed by atoms with Crippen LogP contribution in [-0.2, 0) is 16.8 Å². The molecule has 25 heavy (non-hydrogen) atoms. The molecule has 3 N–H and O–H groups in total. The van der Waals surface area contributed by atoms with Crippen molar-refractivity contribution < 1.29 is 19.4 Å². The fourth-order valence-electron chi connectivity index (χ4n) is 3.41. The molecule has 132 valence electrons. The van der Waals surface area contributed by atoms with E-state index in [-0.39, 0.29) is 18.9 Å². The Labute approximate surface area is 146 Å². The van der Waals surface area contributed by atoms with E-state index in [1.165, 1.54) is 18.2 Å². The molecule has 0 aromatic heterocycles. The van der Waals surface area contributed by atoms with E-state index >= 15 is 0 Å². The molecule has 0 unspecified atom stereocenters. The van der Waals surface area contributed by atoms with Crippen molar-refractivity contribution in [1.29, 1.82) is 0 Å². The summed E-state index contributed by atoms with van der Waals surface area (Å²) in [5.41, 5.74) is 1.23.